The number of halogens is 3. The van der Waals surface area contributed by atoms with Crippen molar-refractivity contribution in [2.75, 3.05) is 19.3 Å². The molecule has 1 fully saturated rings. The second-order valence-corrected chi connectivity index (χ2v) is 10.8. The van der Waals surface area contributed by atoms with Crippen LogP contribution in [0.1, 0.15) is 65.6 Å². The molecule has 1 aliphatic rings. The number of nitrogens with zero attached hydrogens (tertiary/aromatic N) is 4. The van der Waals surface area contributed by atoms with Crippen LogP contribution in [0.25, 0.3) is 5.70 Å². The van der Waals surface area contributed by atoms with E-state index in [1.807, 2.05) is 26.8 Å². The third kappa shape index (κ3) is 6.06. The van der Waals surface area contributed by atoms with Gasteiger partial charge in [-0.1, -0.05) is 23.2 Å². The van der Waals surface area contributed by atoms with Crippen molar-refractivity contribution in [2.45, 2.75) is 70.9 Å². The van der Waals surface area contributed by atoms with E-state index in [1.165, 1.54) is 6.92 Å². The third-order valence-electron chi connectivity index (χ3n) is 6.45. The lowest BCUT2D eigenvalue weighted by atomic mass is 9.99. The second-order valence-electron chi connectivity index (χ2n) is 9.04. The summed E-state index contributed by atoms with van der Waals surface area (Å²) in [5.41, 5.74) is 2.29. The van der Waals surface area contributed by atoms with Crippen molar-refractivity contribution in [1.29, 1.82) is 10.0 Å². The number of nitriles is 1. The molecule has 36 heavy (non-hydrogen) atoms. The first-order valence-corrected chi connectivity index (χ1v) is 13.1. The highest BCUT2D eigenvalue weighted by atomic mass is 32.2. The van der Waals surface area contributed by atoms with Crippen LogP contribution in [-0.4, -0.2) is 46.7 Å². The van der Waals surface area contributed by atoms with Crippen LogP contribution in [0.15, 0.2) is 45.8 Å². The Morgan fingerprint density at radius 3 is 2.31 bits per heavy atom. The topological polar surface area (TPSA) is 84.1 Å². The first-order valence-electron chi connectivity index (χ1n) is 11.7. The van der Waals surface area contributed by atoms with Gasteiger partial charge in [0.25, 0.3) is 0 Å². The number of rotatable bonds is 10. The molecule has 0 aromatic carbocycles. The van der Waals surface area contributed by atoms with Gasteiger partial charge in [0.05, 0.1) is 17.2 Å². The Hall–Kier alpha value is -2.93. The third-order valence-corrected chi connectivity index (χ3v) is 7.87. The van der Waals surface area contributed by atoms with Crippen LogP contribution in [0.5, 0.6) is 0 Å². The minimum atomic E-state index is -4.69. The number of aromatic nitrogens is 1. The van der Waals surface area contributed by atoms with Crippen molar-refractivity contribution in [3.63, 3.8) is 0 Å². The lowest BCUT2D eigenvalue weighted by Gasteiger charge is -2.28. The van der Waals surface area contributed by atoms with Crippen LogP contribution in [0, 0.1) is 16.1 Å². The van der Waals surface area contributed by atoms with Crippen molar-refractivity contribution in [2.24, 2.45) is 0 Å². The molecular formula is C26H34F3N5OS. The average Bonchev–Trinajstić information content (AvgIpc) is 3.63. The number of hydrogen-bond acceptors (Lipinski definition) is 5. The number of pyridine rings is 1. The minimum absolute atomic E-state index is 0.108. The van der Waals surface area contributed by atoms with Gasteiger partial charge in [0.2, 0.25) is 6.41 Å². The van der Waals surface area contributed by atoms with Gasteiger partial charge in [-0.15, -0.1) is 0 Å². The van der Waals surface area contributed by atoms with Crippen molar-refractivity contribution < 1.29 is 18.0 Å². The molecular weight excluding hydrogens is 487 g/mol. The van der Waals surface area contributed by atoms with E-state index in [9.17, 15) is 23.2 Å². The molecule has 196 valence electrons. The van der Waals surface area contributed by atoms with Gasteiger partial charge in [0, 0.05) is 36.1 Å². The number of carbonyl (C=O) groups excluding carboxylic acids is 1. The van der Waals surface area contributed by atoms with E-state index in [0.29, 0.717) is 33.3 Å². The molecule has 2 rings (SSSR count). The van der Waals surface area contributed by atoms with Crippen molar-refractivity contribution in [1.82, 2.24) is 14.8 Å². The Bertz CT molecular complexity index is 1170. The Kier molecular flexibility index (Phi) is 9.29. The van der Waals surface area contributed by atoms with Gasteiger partial charge < -0.3 is 9.80 Å². The van der Waals surface area contributed by atoms with Crippen LogP contribution >= 0.6 is 0 Å². The van der Waals surface area contributed by atoms with Crippen molar-refractivity contribution in [3.05, 3.63) is 52.1 Å². The molecule has 0 bridgehead atoms. The zero-order valence-electron chi connectivity index (χ0n) is 21.9. The summed E-state index contributed by atoms with van der Waals surface area (Å²) in [6.45, 7) is 10.4. The number of carbonyl (C=O) groups is 1. The maximum absolute atomic E-state index is 13.7. The summed E-state index contributed by atoms with van der Waals surface area (Å²) < 4.78 is 49.8. The first kappa shape index (κ1) is 29.3. The summed E-state index contributed by atoms with van der Waals surface area (Å²) in [4.78, 5) is 19.1. The quantitative estimate of drug-likeness (QED) is 0.289. The maximum atomic E-state index is 13.7. The molecule has 1 aromatic heterocycles. The molecule has 0 saturated heterocycles. The normalized spacial score (nSPS) is 16.4. The van der Waals surface area contributed by atoms with Crippen LogP contribution in [0.3, 0.4) is 0 Å². The summed E-state index contributed by atoms with van der Waals surface area (Å²) >= 11 is 0. The van der Waals surface area contributed by atoms with Crippen LogP contribution in [0.4, 0.5) is 13.2 Å². The highest BCUT2D eigenvalue weighted by Crippen LogP contribution is 2.48. The molecule has 1 aromatic rings. The fourth-order valence-corrected chi connectivity index (χ4v) is 4.88. The van der Waals surface area contributed by atoms with Crippen molar-refractivity contribution >= 4 is 22.8 Å². The Balaban J connectivity index is 2.67. The fraction of sp³-hybridized carbons (Fsp3) is 0.500. The molecule has 10 heteroatoms. The van der Waals surface area contributed by atoms with E-state index >= 15 is 0 Å². The van der Waals surface area contributed by atoms with Gasteiger partial charge in [-0.3, -0.25) is 14.6 Å². The molecule has 0 spiro atoms. The molecule has 1 amide bonds. The lowest BCUT2D eigenvalue weighted by Crippen LogP contribution is -2.31. The number of nitrogens with one attached hydrogen (secondary N) is 1. The van der Waals surface area contributed by atoms with Crippen molar-refractivity contribution in [3.8, 4) is 6.07 Å². The largest absolute Gasteiger partial charge is 0.431 e. The lowest BCUT2D eigenvalue weighted by molar-refractivity contribution is -0.131. The standard InChI is InChI=1S/C26H34F3N5OS/c1-8-34(16-35)22(26(27,28)29)12-18(5)19(6)33(7)24(17(3)4)23-21(36(31)9-2)13-20(14-32-23)25(15-30)10-11-25/h12-14,16,31H,8-11H2,1-7H3/b19-18+,22-12-. The Labute approximate surface area is 214 Å². The van der Waals surface area contributed by atoms with E-state index in [-0.39, 0.29) is 13.0 Å². The molecule has 0 aliphatic heterocycles. The maximum Gasteiger partial charge on any atom is 0.431 e. The molecule has 1 saturated carbocycles. The molecule has 1 aliphatic carbocycles. The number of alkyl halides is 3. The van der Waals surface area contributed by atoms with Crippen LogP contribution < -0.4 is 0 Å². The summed E-state index contributed by atoms with van der Waals surface area (Å²) in [6.07, 6.45) is -0.312. The Morgan fingerprint density at radius 1 is 1.28 bits per heavy atom. The second kappa shape index (κ2) is 11.4. The molecule has 1 N–H and O–H groups in total. The number of hydrogen-bond donors (Lipinski definition) is 1. The fourth-order valence-electron chi connectivity index (χ4n) is 3.92. The van der Waals surface area contributed by atoms with Gasteiger partial charge in [-0.05, 0) is 70.7 Å². The minimum Gasteiger partial charge on any atom is -0.346 e. The monoisotopic (exact) mass is 521 g/mol. The highest BCUT2D eigenvalue weighted by molar-refractivity contribution is 7.86. The van der Waals surface area contributed by atoms with Gasteiger partial charge >= 0.3 is 6.18 Å². The molecule has 0 radical (unpaired) electrons. The number of amides is 1. The summed E-state index contributed by atoms with van der Waals surface area (Å²) in [6, 6.07) is 4.28. The van der Waals surface area contributed by atoms with Gasteiger partial charge in [0.15, 0.2) is 0 Å². The smallest absolute Gasteiger partial charge is 0.346 e. The van der Waals surface area contributed by atoms with E-state index in [4.69, 9.17) is 9.76 Å². The molecule has 6 nitrogen and oxygen atoms in total. The summed E-state index contributed by atoms with van der Waals surface area (Å²) in [5.74, 6) is 0.571. The predicted molar refractivity (Wildman–Crippen MR) is 137 cm³/mol. The van der Waals surface area contributed by atoms with Gasteiger partial charge in [0.1, 0.15) is 11.4 Å². The van der Waals surface area contributed by atoms with E-state index in [2.05, 4.69) is 6.07 Å². The predicted octanol–water partition coefficient (Wildman–Crippen LogP) is 6.30. The number of allylic oxidation sites excluding steroid dienone is 5. The summed E-state index contributed by atoms with van der Waals surface area (Å²) in [5, 5.41) is 9.63. The highest BCUT2D eigenvalue weighted by Gasteiger charge is 2.45. The first-order chi connectivity index (χ1) is 16.8. The zero-order valence-corrected chi connectivity index (χ0v) is 22.7. The van der Waals surface area contributed by atoms with Gasteiger partial charge in [-0.2, -0.15) is 18.4 Å². The Morgan fingerprint density at radius 2 is 1.89 bits per heavy atom. The van der Waals surface area contributed by atoms with E-state index in [1.54, 1.807) is 32.0 Å². The molecule has 1 heterocycles. The van der Waals surface area contributed by atoms with E-state index < -0.39 is 28.0 Å². The molecule has 1 atom stereocenters. The van der Waals surface area contributed by atoms with E-state index in [0.717, 1.165) is 34.9 Å². The average molecular weight is 522 g/mol. The SMILES string of the molecule is CCN(C=O)/C(=C\C(C)=C(/C)N(C)C(=C(C)C)c1ncc(C2(C#N)CC2)cc1S(=N)CC)C(F)(F)F. The molecule has 1 unspecified atom stereocenters. The van der Waals surface area contributed by atoms with Gasteiger partial charge in [-0.25, -0.2) is 0 Å². The zero-order chi connectivity index (χ0) is 27.4. The van der Waals surface area contributed by atoms with Crippen LogP contribution in [-0.2, 0) is 20.9 Å². The van der Waals surface area contributed by atoms with Crippen LogP contribution in [0.2, 0.25) is 0 Å². The summed E-state index contributed by atoms with van der Waals surface area (Å²) in [7, 11) is 0.871.